The van der Waals surface area contributed by atoms with Crippen LogP contribution >= 0.6 is 11.6 Å². The molecule has 1 amide bonds. The van der Waals surface area contributed by atoms with Crippen molar-refractivity contribution >= 4 is 29.3 Å². The molecule has 2 N–H and O–H groups in total. The van der Waals surface area contributed by atoms with E-state index in [1.165, 1.54) is 0 Å². The van der Waals surface area contributed by atoms with E-state index in [4.69, 9.17) is 26.1 Å². The maximum atomic E-state index is 13.2. The van der Waals surface area contributed by atoms with Crippen molar-refractivity contribution in [1.29, 1.82) is 0 Å². The monoisotopic (exact) mass is 526 g/mol. The highest BCUT2D eigenvalue weighted by molar-refractivity contribution is 6.32. The Balaban J connectivity index is 1.34. The number of carbonyl (C=O) groups is 1. The summed E-state index contributed by atoms with van der Waals surface area (Å²) in [7, 11) is 3.63. The number of fused-ring (bicyclic) bond motifs is 1. The summed E-state index contributed by atoms with van der Waals surface area (Å²) in [6.07, 6.45) is 5.30. The minimum Gasteiger partial charge on any atom is -0.495 e. The van der Waals surface area contributed by atoms with Gasteiger partial charge in [-0.15, -0.1) is 0 Å². The molecule has 0 aliphatic carbocycles. The summed E-state index contributed by atoms with van der Waals surface area (Å²) >= 11 is 6.30. The summed E-state index contributed by atoms with van der Waals surface area (Å²) in [6, 6.07) is 5.56. The summed E-state index contributed by atoms with van der Waals surface area (Å²) in [5.41, 5.74) is 1.29. The molecular weight excluding hydrogens is 496 g/mol. The van der Waals surface area contributed by atoms with Crippen LogP contribution in [0.25, 0.3) is 0 Å². The number of amides is 1. The molecule has 0 bridgehead atoms. The molecular formula is C25H31ClN8O3. The molecule has 0 spiro atoms. The van der Waals surface area contributed by atoms with Gasteiger partial charge < -0.3 is 34.5 Å². The van der Waals surface area contributed by atoms with Gasteiger partial charge in [-0.2, -0.15) is 4.98 Å². The lowest BCUT2D eigenvalue weighted by Crippen LogP contribution is -2.46. The van der Waals surface area contributed by atoms with Crippen LogP contribution in [-0.2, 0) is 24.4 Å². The van der Waals surface area contributed by atoms with Gasteiger partial charge in [-0.3, -0.25) is 4.79 Å². The zero-order chi connectivity index (χ0) is 25.8. The van der Waals surface area contributed by atoms with Gasteiger partial charge in [-0.1, -0.05) is 17.7 Å². The van der Waals surface area contributed by atoms with Crippen molar-refractivity contribution in [2.24, 2.45) is 0 Å². The SMILES string of the molecule is COc1ccc(CNc2nc(N3CCn4ccnc4C3)ncc2C(=O)NCC2CN(C)CCO2)cc1Cl. The van der Waals surface area contributed by atoms with Crippen LogP contribution in [0.1, 0.15) is 21.7 Å². The van der Waals surface area contributed by atoms with E-state index < -0.39 is 0 Å². The molecule has 37 heavy (non-hydrogen) atoms. The second-order valence-corrected chi connectivity index (χ2v) is 9.59. The van der Waals surface area contributed by atoms with Gasteiger partial charge in [0.05, 0.1) is 31.4 Å². The van der Waals surface area contributed by atoms with Crippen molar-refractivity contribution < 1.29 is 14.3 Å². The minimum absolute atomic E-state index is 0.0576. The summed E-state index contributed by atoms with van der Waals surface area (Å²) in [4.78, 5) is 31.2. The van der Waals surface area contributed by atoms with Gasteiger partial charge >= 0.3 is 0 Å². The van der Waals surface area contributed by atoms with E-state index in [0.717, 1.165) is 37.6 Å². The number of carbonyl (C=O) groups excluding carboxylic acids is 1. The number of rotatable bonds is 8. The molecule has 12 heteroatoms. The third kappa shape index (κ3) is 5.95. The first-order valence-corrected chi connectivity index (χ1v) is 12.6. The lowest BCUT2D eigenvalue weighted by molar-refractivity contribution is -0.0175. The van der Waals surface area contributed by atoms with Crippen molar-refractivity contribution in [3.8, 4) is 5.75 Å². The van der Waals surface area contributed by atoms with Crippen molar-refractivity contribution in [1.82, 2.24) is 29.7 Å². The number of likely N-dealkylation sites (N-methyl/N-ethyl adjacent to an activating group) is 1. The van der Waals surface area contributed by atoms with Crippen molar-refractivity contribution in [2.45, 2.75) is 25.7 Å². The number of nitrogens with zero attached hydrogens (tertiary/aromatic N) is 6. The number of ether oxygens (including phenoxy) is 2. The van der Waals surface area contributed by atoms with Crippen molar-refractivity contribution in [3.05, 3.63) is 58.8 Å². The molecule has 1 unspecified atom stereocenters. The van der Waals surface area contributed by atoms with Gasteiger partial charge in [0.1, 0.15) is 23.0 Å². The highest BCUT2D eigenvalue weighted by Gasteiger charge is 2.23. The highest BCUT2D eigenvalue weighted by Crippen LogP contribution is 2.26. The van der Waals surface area contributed by atoms with E-state index in [0.29, 0.717) is 54.3 Å². The Kier molecular flexibility index (Phi) is 7.73. The number of imidazole rings is 1. The molecule has 1 saturated heterocycles. The van der Waals surface area contributed by atoms with Gasteiger partial charge in [-0.25, -0.2) is 9.97 Å². The number of benzene rings is 1. The van der Waals surface area contributed by atoms with E-state index in [1.54, 1.807) is 19.5 Å². The van der Waals surface area contributed by atoms with E-state index in [-0.39, 0.29) is 12.0 Å². The number of nitrogens with one attached hydrogen (secondary N) is 2. The fraction of sp³-hybridized carbons (Fsp3) is 0.440. The van der Waals surface area contributed by atoms with Crippen LogP contribution in [0.2, 0.25) is 5.02 Å². The fourth-order valence-corrected chi connectivity index (χ4v) is 4.75. The zero-order valence-corrected chi connectivity index (χ0v) is 21.7. The third-order valence-electron chi connectivity index (χ3n) is 6.56. The van der Waals surface area contributed by atoms with Crippen LogP contribution in [0, 0.1) is 0 Å². The second kappa shape index (κ2) is 11.3. The zero-order valence-electron chi connectivity index (χ0n) is 21.0. The van der Waals surface area contributed by atoms with Gasteiger partial charge in [0, 0.05) is 57.9 Å². The number of methoxy groups -OCH3 is 1. The fourth-order valence-electron chi connectivity index (χ4n) is 4.47. The molecule has 1 fully saturated rings. The maximum Gasteiger partial charge on any atom is 0.256 e. The lowest BCUT2D eigenvalue weighted by Gasteiger charge is -2.30. The molecule has 0 saturated carbocycles. The van der Waals surface area contributed by atoms with E-state index >= 15 is 0 Å². The molecule has 1 atom stereocenters. The van der Waals surface area contributed by atoms with E-state index in [2.05, 4.69) is 35.0 Å². The Bertz CT molecular complexity index is 1250. The van der Waals surface area contributed by atoms with Crippen LogP contribution < -0.4 is 20.3 Å². The molecule has 4 heterocycles. The first-order chi connectivity index (χ1) is 18.0. The Morgan fingerprint density at radius 3 is 2.97 bits per heavy atom. The van der Waals surface area contributed by atoms with Crippen molar-refractivity contribution in [3.63, 3.8) is 0 Å². The Hall–Kier alpha value is -3.41. The van der Waals surface area contributed by atoms with Crippen LogP contribution in [0.5, 0.6) is 5.75 Å². The molecule has 11 nitrogen and oxygen atoms in total. The Labute approximate surface area is 220 Å². The van der Waals surface area contributed by atoms with Gasteiger partial charge in [-0.05, 0) is 24.7 Å². The molecule has 2 aliphatic heterocycles. The molecule has 0 radical (unpaired) electrons. The summed E-state index contributed by atoms with van der Waals surface area (Å²) < 4.78 is 13.1. The van der Waals surface area contributed by atoms with Crippen LogP contribution in [0.15, 0.2) is 36.8 Å². The largest absolute Gasteiger partial charge is 0.495 e. The quantitative estimate of drug-likeness (QED) is 0.455. The number of halogens is 1. The second-order valence-electron chi connectivity index (χ2n) is 9.18. The third-order valence-corrected chi connectivity index (χ3v) is 6.85. The summed E-state index contributed by atoms with van der Waals surface area (Å²) in [5, 5.41) is 6.82. The van der Waals surface area contributed by atoms with E-state index in [1.807, 2.05) is 31.4 Å². The first kappa shape index (κ1) is 25.2. The van der Waals surface area contributed by atoms with Gasteiger partial charge in [0.15, 0.2) is 0 Å². The maximum absolute atomic E-state index is 13.2. The first-order valence-electron chi connectivity index (χ1n) is 12.3. The number of morpholine rings is 1. The normalized spacial score (nSPS) is 17.8. The lowest BCUT2D eigenvalue weighted by atomic mass is 10.2. The average Bonchev–Trinajstić information content (AvgIpc) is 3.38. The topological polar surface area (TPSA) is 110 Å². The minimum atomic E-state index is -0.257. The predicted octanol–water partition coefficient (Wildman–Crippen LogP) is 2.03. The summed E-state index contributed by atoms with van der Waals surface area (Å²) in [5.74, 6) is 2.29. The number of hydrogen-bond donors (Lipinski definition) is 2. The van der Waals surface area contributed by atoms with Crippen LogP contribution in [0.4, 0.5) is 11.8 Å². The number of hydrogen-bond acceptors (Lipinski definition) is 9. The van der Waals surface area contributed by atoms with Crippen LogP contribution in [-0.4, -0.2) is 83.4 Å². The molecule has 3 aromatic rings. The van der Waals surface area contributed by atoms with Gasteiger partial charge in [0.2, 0.25) is 5.95 Å². The molecule has 5 rings (SSSR count). The Morgan fingerprint density at radius 1 is 1.27 bits per heavy atom. The molecule has 2 aliphatic rings. The molecule has 196 valence electrons. The number of aromatic nitrogens is 4. The number of anilines is 2. The highest BCUT2D eigenvalue weighted by atomic mass is 35.5. The van der Waals surface area contributed by atoms with E-state index in [9.17, 15) is 4.79 Å². The predicted molar refractivity (Wildman–Crippen MR) is 140 cm³/mol. The summed E-state index contributed by atoms with van der Waals surface area (Å²) in [6.45, 7) is 5.27. The van der Waals surface area contributed by atoms with Crippen LogP contribution in [0.3, 0.4) is 0 Å². The van der Waals surface area contributed by atoms with Gasteiger partial charge in [0.25, 0.3) is 5.91 Å². The Morgan fingerprint density at radius 2 is 2.16 bits per heavy atom. The molecule has 1 aromatic carbocycles. The van der Waals surface area contributed by atoms with Crippen molar-refractivity contribution in [2.75, 3.05) is 57.2 Å². The smallest absolute Gasteiger partial charge is 0.256 e. The average molecular weight is 527 g/mol. The molecule has 2 aromatic heterocycles. The standard InChI is InChI=1S/C25H31ClN8O3/c1-32-9-10-37-18(15-32)13-29-24(35)19-14-30-25(34-8-7-33-6-5-27-22(33)16-34)31-23(19)28-12-17-3-4-21(36-2)20(26)11-17/h3-6,11,14,18H,7-10,12-13,15-16H2,1-2H3,(H,29,35)(H,28,30,31).